The molecule has 2 heterocycles. The maximum absolute atomic E-state index is 13.1. The molecule has 3 aromatic rings. The van der Waals surface area contributed by atoms with Gasteiger partial charge in [0.1, 0.15) is 16.5 Å². The van der Waals surface area contributed by atoms with Crippen molar-refractivity contribution in [3.63, 3.8) is 0 Å². The van der Waals surface area contributed by atoms with Gasteiger partial charge < -0.3 is 10.1 Å². The number of aryl methyl sites for hydroxylation is 2. The molecule has 0 bridgehead atoms. The minimum atomic E-state index is -0.565. The number of nitrogens with zero attached hydrogens (tertiary/aromatic N) is 2. The fourth-order valence-corrected chi connectivity index (χ4v) is 3.33. The zero-order chi connectivity index (χ0) is 17.3. The Bertz CT molecular complexity index is 906. The number of ether oxygens (including phenoxy) is 1. The van der Waals surface area contributed by atoms with E-state index in [-0.39, 0.29) is 18.2 Å². The van der Waals surface area contributed by atoms with Crippen molar-refractivity contribution >= 4 is 39.0 Å². The number of benzene rings is 1. The van der Waals surface area contributed by atoms with Crippen molar-refractivity contribution < 1.29 is 13.9 Å². The normalized spacial score (nSPS) is 10.8. The lowest BCUT2D eigenvalue weighted by Gasteiger charge is -2.09. The van der Waals surface area contributed by atoms with E-state index in [9.17, 15) is 9.18 Å². The van der Waals surface area contributed by atoms with Crippen LogP contribution in [0.15, 0.2) is 24.3 Å². The topological polar surface area (TPSA) is 64.1 Å². The van der Waals surface area contributed by atoms with Gasteiger partial charge in [-0.05, 0) is 50.6 Å². The standard InChI is InChI=1S/C17H16FN3O2S/c1-4-23-17(22)15-20-14(19-12-7-5-11(18)6-8-12)13-9(2)10(3)24-16(13)21-15/h5-8H,4H2,1-3H3,(H,19,20,21). The number of fused-ring (bicyclic) bond motifs is 1. The first-order valence-corrected chi connectivity index (χ1v) is 8.28. The Labute approximate surface area is 142 Å². The van der Waals surface area contributed by atoms with E-state index in [1.165, 1.54) is 23.5 Å². The minimum Gasteiger partial charge on any atom is -0.460 e. The summed E-state index contributed by atoms with van der Waals surface area (Å²) >= 11 is 1.50. The predicted octanol–water partition coefficient (Wildman–Crippen LogP) is 4.37. The van der Waals surface area contributed by atoms with E-state index >= 15 is 0 Å². The SMILES string of the molecule is CCOC(=O)c1nc(Nc2ccc(F)cc2)c2c(C)c(C)sc2n1. The molecule has 0 radical (unpaired) electrons. The van der Waals surface area contributed by atoms with Gasteiger partial charge in [0.05, 0.1) is 12.0 Å². The van der Waals surface area contributed by atoms with E-state index < -0.39 is 5.97 Å². The molecule has 3 rings (SSSR count). The number of thiophene rings is 1. The third-order valence-electron chi connectivity index (χ3n) is 3.59. The molecule has 0 aliphatic rings. The largest absolute Gasteiger partial charge is 0.460 e. The fraction of sp³-hybridized carbons (Fsp3) is 0.235. The summed E-state index contributed by atoms with van der Waals surface area (Å²) in [5, 5.41) is 4.00. The third-order valence-corrected chi connectivity index (χ3v) is 4.69. The van der Waals surface area contributed by atoms with Crippen molar-refractivity contribution in [1.82, 2.24) is 9.97 Å². The zero-order valence-electron chi connectivity index (χ0n) is 13.5. The Morgan fingerprint density at radius 3 is 2.62 bits per heavy atom. The summed E-state index contributed by atoms with van der Waals surface area (Å²) < 4.78 is 18.1. The molecule has 5 nitrogen and oxygen atoms in total. The zero-order valence-corrected chi connectivity index (χ0v) is 14.3. The van der Waals surface area contributed by atoms with Crippen LogP contribution in [0.4, 0.5) is 15.9 Å². The highest BCUT2D eigenvalue weighted by atomic mass is 32.1. The summed E-state index contributed by atoms with van der Waals surface area (Å²) in [6.07, 6.45) is 0. The summed E-state index contributed by atoms with van der Waals surface area (Å²) in [6, 6.07) is 5.95. The van der Waals surface area contributed by atoms with Crippen LogP contribution >= 0.6 is 11.3 Å². The highest BCUT2D eigenvalue weighted by molar-refractivity contribution is 7.18. The lowest BCUT2D eigenvalue weighted by molar-refractivity contribution is 0.0512. The molecule has 0 saturated carbocycles. The molecule has 0 atom stereocenters. The Kier molecular flexibility index (Phi) is 4.44. The van der Waals surface area contributed by atoms with Crippen LogP contribution in [0.25, 0.3) is 10.2 Å². The molecule has 2 aromatic heterocycles. The Morgan fingerprint density at radius 1 is 1.25 bits per heavy atom. The van der Waals surface area contributed by atoms with Crippen LogP contribution in [0, 0.1) is 19.7 Å². The number of hydrogen-bond acceptors (Lipinski definition) is 6. The molecule has 124 valence electrons. The highest BCUT2D eigenvalue weighted by Crippen LogP contribution is 2.34. The van der Waals surface area contributed by atoms with Crippen molar-refractivity contribution in [3.8, 4) is 0 Å². The lowest BCUT2D eigenvalue weighted by atomic mass is 10.2. The van der Waals surface area contributed by atoms with Crippen LogP contribution in [-0.4, -0.2) is 22.5 Å². The van der Waals surface area contributed by atoms with Gasteiger partial charge in [0.25, 0.3) is 0 Å². The molecule has 0 aliphatic heterocycles. The molecule has 0 saturated heterocycles. The number of anilines is 2. The number of esters is 1. The van der Waals surface area contributed by atoms with E-state index in [0.717, 1.165) is 15.8 Å². The molecule has 0 aliphatic carbocycles. The second-order valence-corrected chi connectivity index (χ2v) is 6.41. The number of rotatable bonds is 4. The monoisotopic (exact) mass is 345 g/mol. The van der Waals surface area contributed by atoms with Crippen molar-refractivity contribution in [2.75, 3.05) is 11.9 Å². The molecule has 0 amide bonds. The number of aromatic nitrogens is 2. The quantitative estimate of drug-likeness (QED) is 0.712. The molecule has 0 spiro atoms. The van der Waals surface area contributed by atoms with Gasteiger partial charge in [-0.2, -0.15) is 0 Å². The van der Waals surface area contributed by atoms with Gasteiger partial charge >= 0.3 is 5.97 Å². The number of nitrogens with one attached hydrogen (secondary N) is 1. The van der Waals surface area contributed by atoms with Gasteiger partial charge in [0.15, 0.2) is 0 Å². The van der Waals surface area contributed by atoms with Crippen molar-refractivity contribution in [2.45, 2.75) is 20.8 Å². The van der Waals surface area contributed by atoms with Gasteiger partial charge in [-0.1, -0.05) is 0 Å². The minimum absolute atomic E-state index is 0.00946. The number of halogens is 1. The van der Waals surface area contributed by atoms with Gasteiger partial charge in [-0.15, -0.1) is 11.3 Å². The second kappa shape index (κ2) is 6.52. The van der Waals surface area contributed by atoms with Gasteiger partial charge in [-0.25, -0.2) is 19.2 Å². The van der Waals surface area contributed by atoms with Crippen LogP contribution in [0.3, 0.4) is 0 Å². The highest BCUT2D eigenvalue weighted by Gasteiger charge is 2.19. The number of carbonyl (C=O) groups is 1. The summed E-state index contributed by atoms with van der Waals surface area (Å²) in [5.74, 6) is -0.361. The van der Waals surface area contributed by atoms with Crippen LogP contribution in [0.5, 0.6) is 0 Å². The first kappa shape index (κ1) is 16.3. The summed E-state index contributed by atoms with van der Waals surface area (Å²) in [4.78, 5) is 22.5. The first-order chi connectivity index (χ1) is 11.5. The van der Waals surface area contributed by atoms with E-state index in [4.69, 9.17) is 4.74 Å². The lowest BCUT2D eigenvalue weighted by Crippen LogP contribution is -2.11. The van der Waals surface area contributed by atoms with Crippen LogP contribution in [0.2, 0.25) is 0 Å². The summed E-state index contributed by atoms with van der Waals surface area (Å²) in [6.45, 7) is 5.96. The van der Waals surface area contributed by atoms with Crippen LogP contribution < -0.4 is 5.32 Å². The van der Waals surface area contributed by atoms with Crippen molar-refractivity contribution in [2.24, 2.45) is 0 Å². The third kappa shape index (κ3) is 3.07. The Hall–Kier alpha value is -2.54. The smallest absolute Gasteiger partial charge is 0.376 e. The summed E-state index contributed by atoms with van der Waals surface area (Å²) in [5.41, 5.74) is 1.73. The van der Waals surface area contributed by atoms with Crippen LogP contribution in [0.1, 0.15) is 28.0 Å². The van der Waals surface area contributed by atoms with Crippen molar-refractivity contribution in [3.05, 3.63) is 46.3 Å². The molecule has 0 unspecified atom stereocenters. The van der Waals surface area contributed by atoms with Crippen LogP contribution in [-0.2, 0) is 4.74 Å². The van der Waals surface area contributed by atoms with Gasteiger partial charge in [-0.3, -0.25) is 0 Å². The predicted molar refractivity (Wildman–Crippen MR) is 92.5 cm³/mol. The van der Waals surface area contributed by atoms with E-state index in [1.807, 2.05) is 13.8 Å². The molecule has 7 heteroatoms. The fourth-order valence-electron chi connectivity index (χ4n) is 2.30. The molecule has 24 heavy (non-hydrogen) atoms. The maximum Gasteiger partial charge on any atom is 0.376 e. The molecular weight excluding hydrogens is 329 g/mol. The molecule has 1 aromatic carbocycles. The van der Waals surface area contributed by atoms with Crippen molar-refractivity contribution in [1.29, 1.82) is 0 Å². The Morgan fingerprint density at radius 2 is 1.96 bits per heavy atom. The average molecular weight is 345 g/mol. The summed E-state index contributed by atoms with van der Waals surface area (Å²) in [7, 11) is 0. The van der Waals surface area contributed by atoms with E-state index in [0.29, 0.717) is 16.3 Å². The van der Waals surface area contributed by atoms with E-state index in [1.54, 1.807) is 19.1 Å². The van der Waals surface area contributed by atoms with Gasteiger partial charge in [0, 0.05) is 10.6 Å². The second-order valence-electron chi connectivity index (χ2n) is 5.21. The molecule has 1 N–H and O–H groups in total. The average Bonchev–Trinajstić information content (AvgIpc) is 2.84. The van der Waals surface area contributed by atoms with Gasteiger partial charge in [0.2, 0.25) is 5.82 Å². The number of hydrogen-bond donors (Lipinski definition) is 1. The number of carbonyl (C=O) groups excluding carboxylic acids is 1. The Balaban J connectivity index is 2.12. The van der Waals surface area contributed by atoms with E-state index in [2.05, 4.69) is 15.3 Å². The molecular formula is C17H16FN3O2S. The molecule has 0 fully saturated rings. The maximum atomic E-state index is 13.1. The first-order valence-electron chi connectivity index (χ1n) is 7.47.